The minimum Gasteiger partial charge on any atom is -0.387 e. The molecule has 16 heavy (non-hydrogen) atoms. The van der Waals surface area contributed by atoms with E-state index in [-0.39, 0.29) is 0 Å². The first kappa shape index (κ1) is 13.0. The zero-order valence-electron chi connectivity index (χ0n) is 10.6. The van der Waals surface area contributed by atoms with E-state index in [0.717, 1.165) is 17.9 Å². The molecule has 1 rings (SSSR count). The van der Waals surface area contributed by atoms with Gasteiger partial charge in [-0.05, 0) is 39.3 Å². The van der Waals surface area contributed by atoms with Gasteiger partial charge in [0.15, 0.2) is 0 Å². The van der Waals surface area contributed by atoms with E-state index in [9.17, 15) is 5.11 Å². The lowest BCUT2D eigenvalue weighted by Crippen LogP contribution is -2.30. The lowest BCUT2D eigenvalue weighted by molar-refractivity contribution is 0.169. The number of nitrogens with zero attached hydrogens (tertiary/aromatic N) is 2. The molecular formula is C13H22N2O. The van der Waals surface area contributed by atoms with Crippen LogP contribution in [-0.4, -0.2) is 22.7 Å². The van der Waals surface area contributed by atoms with Gasteiger partial charge in [-0.2, -0.15) is 0 Å². The highest BCUT2D eigenvalue weighted by molar-refractivity contribution is 5.45. The molecule has 1 aromatic heterocycles. The van der Waals surface area contributed by atoms with Gasteiger partial charge in [0.2, 0.25) is 0 Å². The number of pyridine rings is 1. The van der Waals surface area contributed by atoms with Crippen molar-refractivity contribution in [2.45, 2.75) is 46.3 Å². The third kappa shape index (κ3) is 2.95. The molecule has 1 N–H and O–H groups in total. The highest BCUT2D eigenvalue weighted by atomic mass is 16.3. The number of aromatic nitrogens is 1. The number of aliphatic hydroxyl groups excluding tert-OH is 1. The van der Waals surface area contributed by atoms with Gasteiger partial charge in [-0.3, -0.25) is 4.98 Å². The van der Waals surface area contributed by atoms with Crippen LogP contribution in [0.5, 0.6) is 0 Å². The SMILES string of the molecule is CC[C@H](O)c1ccc(N(CC)C(C)C)cn1. The van der Waals surface area contributed by atoms with Crippen LogP contribution in [0.2, 0.25) is 0 Å². The summed E-state index contributed by atoms with van der Waals surface area (Å²) in [5, 5.41) is 9.65. The second-order valence-electron chi connectivity index (χ2n) is 4.25. The predicted octanol–water partition coefficient (Wildman–Crippen LogP) is 2.76. The molecule has 0 aliphatic carbocycles. The van der Waals surface area contributed by atoms with Gasteiger partial charge in [-0.25, -0.2) is 0 Å². The summed E-state index contributed by atoms with van der Waals surface area (Å²) in [6.07, 6.45) is 2.11. The van der Waals surface area contributed by atoms with Crippen molar-refractivity contribution in [3.05, 3.63) is 24.0 Å². The minimum atomic E-state index is -0.442. The highest BCUT2D eigenvalue weighted by Crippen LogP contribution is 2.19. The van der Waals surface area contributed by atoms with Crippen molar-refractivity contribution in [3.8, 4) is 0 Å². The molecule has 0 amide bonds. The van der Waals surface area contributed by atoms with Crippen LogP contribution in [0.3, 0.4) is 0 Å². The lowest BCUT2D eigenvalue weighted by atomic mass is 10.1. The Kier molecular flexibility index (Phi) is 4.74. The molecule has 1 atom stereocenters. The molecule has 0 saturated carbocycles. The van der Waals surface area contributed by atoms with Crippen LogP contribution in [0.15, 0.2) is 18.3 Å². The average Bonchev–Trinajstić information content (AvgIpc) is 2.29. The predicted molar refractivity (Wildman–Crippen MR) is 67.6 cm³/mol. The van der Waals surface area contributed by atoms with Gasteiger partial charge < -0.3 is 10.0 Å². The molecule has 0 fully saturated rings. The van der Waals surface area contributed by atoms with Crippen LogP contribution in [0.4, 0.5) is 5.69 Å². The van der Waals surface area contributed by atoms with E-state index in [0.29, 0.717) is 12.5 Å². The summed E-state index contributed by atoms with van der Waals surface area (Å²) in [6.45, 7) is 9.38. The third-order valence-corrected chi connectivity index (χ3v) is 2.79. The van der Waals surface area contributed by atoms with Crippen LogP contribution in [0.1, 0.15) is 45.9 Å². The molecule has 0 radical (unpaired) electrons. The Morgan fingerprint density at radius 3 is 2.38 bits per heavy atom. The maximum atomic E-state index is 9.65. The molecule has 90 valence electrons. The number of hydrogen-bond donors (Lipinski definition) is 1. The number of anilines is 1. The Bertz CT molecular complexity index is 308. The lowest BCUT2D eigenvalue weighted by Gasteiger charge is -2.27. The molecule has 3 heteroatoms. The maximum Gasteiger partial charge on any atom is 0.0957 e. The number of aliphatic hydroxyl groups is 1. The summed E-state index contributed by atoms with van der Waals surface area (Å²) in [5.41, 5.74) is 1.87. The van der Waals surface area contributed by atoms with E-state index in [4.69, 9.17) is 0 Å². The summed E-state index contributed by atoms with van der Waals surface area (Å²) in [5.74, 6) is 0. The van der Waals surface area contributed by atoms with Crippen molar-refractivity contribution in [1.29, 1.82) is 0 Å². The Balaban J connectivity index is 2.85. The van der Waals surface area contributed by atoms with Gasteiger partial charge in [-0.15, -0.1) is 0 Å². The standard InChI is InChI=1S/C13H22N2O/c1-5-13(16)12-8-7-11(9-14-12)15(6-2)10(3)4/h7-10,13,16H,5-6H2,1-4H3/t13-/m0/s1. The summed E-state index contributed by atoms with van der Waals surface area (Å²) < 4.78 is 0. The highest BCUT2D eigenvalue weighted by Gasteiger charge is 2.10. The molecule has 0 saturated heterocycles. The molecule has 0 spiro atoms. The minimum absolute atomic E-state index is 0.442. The third-order valence-electron chi connectivity index (χ3n) is 2.79. The Morgan fingerprint density at radius 1 is 1.31 bits per heavy atom. The van der Waals surface area contributed by atoms with Crippen molar-refractivity contribution < 1.29 is 5.11 Å². The molecular weight excluding hydrogens is 200 g/mol. The van der Waals surface area contributed by atoms with Crippen LogP contribution in [0.25, 0.3) is 0 Å². The summed E-state index contributed by atoms with van der Waals surface area (Å²) in [4.78, 5) is 6.58. The van der Waals surface area contributed by atoms with Gasteiger partial charge in [0.05, 0.1) is 23.7 Å². The second kappa shape index (κ2) is 5.85. The number of hydrogen-bond acceptors (Lipinski definition) is 3. The Hall–Kier alpha value is -1.09. The smallest absolute Gasteiger partial charge is 0.0957 e. The second-order valence-corrected chi connectivity index (χ2v) is 4.25. The topological polar surface area (TPSA) is 36.4 Å². The molecule has 1 aromatic rings. The fraction of sp³-hybridized carbons (Fsp3) is 0.615. The largest absolute Gasteiger partial charge is 0.387 e. The van der Waals surface area contributed by atoms with Crippen LogP contribution >= 0.6 is 0 Å². The Morgan fingerprint density at radius 2 is 2.00 bits per heavy atom. The zero-order chi connectivity index (χ0) is 12.1. The van der Waals surface area contributed by atoms with Gasteiger partial charge in [-0.1, -0.05) is 6.92 Å². The van der Waals surface area contributed by atoms with Crippen LogP contribution in [0, 0.1) is 0 Å². The summed E-state index contributed by atoms with van der Waals surface area (Å²) in [6, 6.07) is 4.41. The quantitative estimate of drug-likeness (QED) is 0.832. The molecule has 0 aliphatic heterocycles. The van der Waals surface area contributed by atoms with E-state index in [1.807, 2.05) is 25.3 Å². The van der Waals surface area contributed by atoms with Gasteiger partial charge in [0, 0.05) is 12.6 Å². The van der Waals surface area contributed by atoms with Crippen molar-refractivity contribution in [1.82, 2.24) is 4.98 Å². The Labute approximate surface area is 98.1 Å². The maximum absolute atomic E-state index is 9.65. The van der Waals surface area contributed by atoms with Crippen LogP contribution in [-0.2, 0) is 0 Å². The zero-order valence-corrected chi connectivity index (χ0v) is 10.6. The first-order valence-electron chi connectivity index (χ1n) is 6.00. The van der Waals surface area contributed by atoms with E-state index in [1.165, 1.54) is 0 Å². The van der Waals surface area contributed by atoms with Gasteiger partial charge in [0.25, 0.3) is 0 Å². The molecule has 0 aliphatic rings. The molecule has 1 heterocycles. The fourth-order valence-electron chi connectivity index (χ4n) is 1.82. The summed E-state index contributed by atoms with van der Waals surface area (Å²) >= 11 is 0. The molecule has 0 bridgehead atoms. The van der Waals surface area contributed by atoms with E-state index < -0.39 is 6.10 Å². The molecule has 0 aromatic carbocycles. The van der Waals surface area contributed by atoms with Crippen molar-refractivity contribution in [2.24, 2.45) is 0 Å². The van der Waals surface area contributed by atoms with Gasteiger partial charge in [0.1, 0.15) is 0 Å². The monoisotopic (exact) mass is 222 g/mol. The normalized spacial score (nSPS) is 12.9. The van der Waals surface area contributed by atoms with E-state index >= 15 is 0 Å². The summed E-state index contributed by atoms with van der Waals surface area (Å²) in [7, 11) is 0. The first-order chi connectivity index (χ1) is 7.60. The molecule has 3 nitrogen and oxygen atoms in total. The van der Waals surface area contributed by atoms with Crippen molar-refractivity contribution in [3.63, 3.8) is 0 Å². The van der Waals surface area contributed by atoms with Crippen molar-refractivity contribution >= 4 is 5.69 Å². The average molecular weight is 222 g/mol. The van der Waals surface area contributed by atoms with Crippen molar-refractivity contribution in [2.75, 3.05) is 11.4 Å². The van der Waals surface area contributed by atoms with Crippen LogP contribution < -0.4 is 4.90 Å². The first-order valence-corrected chi connectivity index (χ1v) is 6.00. The van der Waals surface area contributed by atoms with Gasteiger partial charge >= 0.3 is 0 Å². The van der Waals surface area contributed by atoms with E-state index in [2.05, 4.69) is 30.7 Å². The molecule has 0 unspecified atom stereocenters. The number of rotatable bonds is 5. The fourth-order valence-corrected chi connectivity index (χ4v) is 1.82. The van der Waals surface area contributed by atoms with E-state index in [1.54, 1.807) is 0 Å².